The van der Waals surface area contributed by atoms with Crippen LogP contribution >= 0.6 is 11.6 Å². The van der Waals surface area contributed by atoms with Gasteiger partial charge in [0.2, 0.25) is 0 Å². The van der Waals surface area contributed by atoms with Crippen molar-refractivity contribution >= 4 is 34.5 Å². The minimum Gasteiger partial charge on any atom is -0.488 e. The summed E-state index contributed by atoms with van der Waals surface area (Å²) in [5.41, 5.74) is 4.86. The molecular formula is C25H19ClN2O2. The average Bonchev–Trinajstić information content (AvgIpc) is 2.78. The lowest BCUT2D eigenvalue weighted by atomic mass is 10.1. The highest BCUT2D eigenvalue weighted by molar-refractivity contribution is 6.30. The first-order chi connectivity index (χ1) is 14.7. The van der Waals surface area contributed by atoms with Gasteiger partial charge in [-0.15, -0.1) is 0 Å². The molecule has 0 unspecified atom stereocenters. The van der Waals surface area contributed by atoms with E-state index in [4.69, 9.17) is 16.3 Å². The molecule has 0 spiro atoms. The molecule has 30 heavy (non-hydrogen) atoms. The lowest BCUT2D eigenvalue weighted by Gasteiger charge is -2.09. The summed E-state index contributed by atoms with van der Waals surface area (Å²) in [4.78, 5) is 12.4. The molecule has 0 aliphatic heterocycles. The van der Waals surface area contributed by atoms with Crippen molar-refractivity contribution in [2.45, 2.75) is 6.61 Å². The van der Waals surface area contributed by atoms with E-state index in [1.165, 1.54) is 0 Å². The zero-order valence-electron chi connectivity index (χ0n) is 16.1. The number of carbonyl (C=O) groups is 1. The average molecular weight is 415 g/mol. The van der Waals surface area contributed by atoms with Crippen LogP contribution in [0.15, 0.2) is 96.1 Å². The quantitative estimate of drug-likeness (QED) is 0.318. The van der Waals surface area contributed by atoms with E-state index in [2.05, 4.69) is 10.5 Å². The van der Waals surface area contributed by atoms with Gasteiger partial charge in [0, 0.05) is 16.1 Å². The highest BCUT2D eigenvalue weighted by Gasteiger charge is 2.06. The number of carbonyl (C=O) groups excluding carboxylic acids is 1. The number of amides is 1. The van der Waals surface area contributed by atoms with E-state index in [9.17, 15) is 4.79 Å². The molecule has 4 aromatic rings. The second kappa shape index (κ2) is 9.25. The molecule has 0 aliphatic rings. The minimum atomic E-state index is -0.269. The molecule has 0 atom stereocenters. The first-order valence-corrected chi connectivity index (χ1v) is 9.85. The lowest BCUT2D eigenvalue weighted by Crippen LogP contribution is -2.17. The van der Waals surface area contributed by atoms with Crippen LogP contribution in [0.25, 0.3) is 10.8 Å². The second-order valence-corrected chi connectivity index (χ2v) is 7.15. The summed E-state index contributed by atoms with van der Waals surface area (Å²) in [5, 5.41) is 6.87. The Morgan fingerprint density at radius 1 is 0.900 bits per heavy atom. The fraction of sp³-hybridized carbons (Fsp3) is 0.0400. The summed E-state index contributed by atoms with van der Waals surface area (Å²) >= 11 is 6.02. The number of hydrogen-bond donors (Lipinski definition) is 1. The lowest BCUT2D eigenvalue weighted by molar-refractivity contribution is 0.0955. The van der Waals surface area contributed by atoms with Gasteiger partial charge in [0.05, 0.1) is 6.21 Å². The topological polar surface area (TPSA) is 50.7 Å². The number of nitrogens with zero attached hydrogens (tertiary/aromatic N) is 1. The van der Waals surface area contributed by atoms with Gasteiger partial charge >= 0.3 is 0 Å². The van der Waals surface area contributed by atoms with E-state index in [-0.39, 0.29) is 5.91 Å². The van der Waals surface area contributed by atoms with E-state index >= 15 is 0 Å². The van der Waals surface area contributed by atoms with E-state index in [1.54, 1.807) is 12.3 Å². The standard InChI is InChI=1S/C25H19ClN2O2/c26-23-10-5-6-18(14-23)17-30-24-11-4-3-9-22(24)16-27-28-25(29)21-13-12-19-7-1-2-8-20(19)15-21/h1-16H,17H2,(H,28,29)/b27-16-. The van der Waals surface area contributed by atoms with Crippen LogP contribution in [0.5, 0.6) is 5.75 Å². The van der Waals surface area contributed by atoms with Crippen LogP contribution in [-0.4, -0.2) is 12.1 Å². The maximum Gasteiger partial charge on any atom is 0.271 e. The normalized spacial score (nSPS) is 11.0. The first kappa shape index (κ1) is 19.7. The Morgan fingerprint density at radius 2 is 1.70 bits per heavy atom. The van der Waals surface area contributed by atoms with Gasteiger partial charge in [0.15, 0.2) is 0 Å². The zero-order valence-corrected chi connectivity index (χ0v) is 16.8. The third-order valence-corrected chi connectivity index (χ3v) is 4.82. The smallest absolute Gasteiger partial charge is 0.271 e. The molecule has 0 bridgehead atoms. The fourth-order valence-electron chi connectivity index (χ4n) is 3.06. The van der Waals surface area contributed by atoms with Crippen LogP contribution in [0.1, 0.15) is 21.5 Å². The minimum absolute atomic E-state index is 0.269. The largest absolute Gasteiger partial charge is 0.488 e. The zero-order chi connectivity index (χ0) is 20.8. The molecule has 0 aromatic heterocycles. The predicted octanol–water partition coefficient (Wildman–Crippen LogP) is 5.84. The third kappa shape index (κ3) is 4.85. The first-order valence-electron chi connectivity index (χ1n) is 9.47. The monoisotopic (exact) mass is 414 g/mol. The van der Waals surface area contributed by atoms with Crippen molar-refractivity contribution in [1.29, 1.82) is 0 Å². The van der Waals surface area contributed by atoms with Gasteiger partial charge in [0.1, 0.15) is 12.4 Å². The van der Waals surface area contributed by atoms with Crippen LogP contribution in [0.2, 0.25) is 5.02 Å². The van der Waals surface area contributed by atoms with Crippen molar-refractivity contribution in [1.82, 2.24) is 5.43 Å². The summed E-state index contributed by atoms with van der Waals surface area (Å²) in [6, 6.07) is 28.5. The van der Waals surface area contributed by atoms with Gasteiger partial charge in [0.25, 0.3) is 5.91 Å². The summed E-state index contributed by atoms with van der Waals surface area (Å²) in [6.45, 7) is 0.384. The van der Waals surface area contributed by atoms with Crippen LogP contribution in [0, 0.1) is 0 Å². The summed E-state index contributed by atoms with van der Waals surface area (Å²) in [5.74, 6) is 0.399. The van der Waals surface area contributed by atoms with E-state index in [1.807, 2.05) is 84.9 Å². The molecule has 0 radical (unpaired) electrons. The van der Waals surface area contributed by atoms with Crippen molar-refractivity contribution in [3.63, 3.8) is 0 Å². The van der Waals surface area contributed by atoms with Crippen LogP contribution < -0.4 is 10.2 Å². The Balaban J connectivity index is 1.42. The van der Waals surface area contributed by atoms with Crippen LogP contribution in [0.4, 0.5) is 0 Å². The van der Waals surface area contributed by atoms with Gasteiger partial charge in [-0.3, -0.25) is 4.79 Å². The Labute approximate surface area is 179 Å². The number of ether oxygens (including phenoxy) is 1. The van der Waals surface area contributed by atoms with Gasteiger partial charge in [-0.1, -0.05) is 66.2 Å². The Bertz CT molecular complexity index is 1220. The molecule has 4 aromatic carbocycles. The number of halogens is 1. The van der Waals surface area contributed by atoms with Crippen LogP contribution in [0.3, 0.4) is 0 Å². The molecule has 0 fully saturated rings. The molecule has 0 saturated carbocycles. The molecule has 5 heteroatoms. The van der Waals surface area contributed by atoms with E-state index in [0.717, 1.165) is 21.9 Å². The number of fused-ring (bicyclic) bond motifs is 1. The van der Waals surface area contributed by atoms with Crippen LogP contribution in [-0.2, 0) is 6.61 Å². The number of hydrogen-bond acceptors (Lipinski definition) is 3. The van der Waals surface area contributed by atoms with Crippen molar-refractivity contribution in [3.05, 3.63) is 113 Å². The maximum atomic E-state index is 12.4. The maximum absolute atomic E-state index is 12.4. The summed E-state index contributed by atoms with van der Waals surface area (Å²) in [6.07, 6.45) is 1.58. The Morgan fingerprint density at radius 3 is 2.57 bits per heavy atom. The van der Waals surface area contributed by atoms with E-state index < -0.39 is 0 Å². The predicted molar refractivity (Wildman–Crippen MR) is 121 cm³/mol. The SMILES string of the molecule is O=C(N/N=C\c1ccccc1OCc1cccc(Cl)c1)c1ccc2ccccc2c1. The highest BCUT2D eigenvalue weighted by Crippen LogP contribution is 2.19. The van der Waals surface area contributed by atoms with Gasteiger partial charge < -0.3 is 4.74 Å². The Hall–Kier alpha value is -3.63. The van der Waals surface area contributed by atoms with Gasteiger partial charge in [-0.25, -0.2) is 5.43 Å². The fourth-order valence-corrected chi connectivity index (χ4v) is 3.27. The number of hydrazone groups is 1. The highest BCUT2D eigenvalue weighted by atomic mass is 35.5. The Kier molecular flexibility index (Phi) is 6.06. The second-order valence-electron chi connectivity index (χ2n) is 6.72. The molecule has 1 N–H and O–H groups in total. The van der Waals surface area contributed by atoms with Gasteiger partial charge in [-0.05, 0) is 52.7 Å². The molecule has 148 valence electrons. The van der Waals surface area contributed by atoms with Crippen molar-refractivity contribution < 1.29 is 9.53 Å². The molecular weight excluding hydrogens is 396 g/mol. The molecule has 0 heterocycles. The third-order valence-electron chi connectivity index (χ3n) is 4.58. The molecule has 4 nitrogen and oxygen atoms in total. The van der Waals surface area contributed by atoms with Crippen molar-refractivity contribution in [2.75, 3.05) is 0 Å². The number of rotatable bonds is 6. The number of benzene rings is 4. The molecule has 1 amide bonds. The summed E-state index contributed by atoms with van der Waals surface area (Å²) in [7, 11) is 0. The number of para-hydroxylation sites is 1. The van der Waals surface area contributed by atoms with Gasteiger partial charge in [-0.2, -0.15) is 5.10 Å². The number of nitrogens with one attached hydrogen (secondary N) is 1. The van der Waals surface area contributed by atoms with Crippen molar-refractivity contribution in [3.8, 4) is 5.75 Å². The van der Waals surface area contributed by atoms with Crippen molar-refractivity contribution in [2.24, 2.45) is 5.10 Å². The molecule has 4 rings (SSSR count). The summed E-state index contributed by atoms with van der Waals surface area (Å²) < 4.78 is 5.91. The van der Waals surface area contributed by atoms with E-state index in [0.29, 0.717) is 22.9 Å². The molecule has 0 aliphatic carbocycles. The molecule has 0 saturated heterocycles.